The Morgan fingerprint density at radius 2 is 1.66 bits per heavy atom. The maximum atomic E-state index is 12.1. The first-order chi connectivity index (χ1) is 15.4. The van der Waals surface area contributed by atoms with Gasteiger partial charge in [0, 0.05) is 42.8 Å². The summed E-state index contributed by atoms with van der Waals surface area (Å²) in [5, 5.41) is 5.49. The highest BCUT2D eigenvalue weighted by atomic mass is 32.1. The number of anilines is 1. The fourth-order valence-corrected chi connectivity index (χ4v) is 3.77. The molecule has 0 bridgehead atoms. The maximum absolute atomic E-state index is 12.1. The van der Waals surface area contributed by atoms with Crippen molar-refractivity contribution < 1.29 is 23.6 Å². The van der Waals surface area contributed by atoms with Crippen LogP contribution < -0.4 is 10.6 Å². The van der Waals surface area contributed by atoms with Gasteiger partial charge in [-0.25, -0.2) is 0 Å². The Balaban J connectivity index is 1.34. The highest BCUT2D eigenvalue weighted by Crippen LogP contribution is 2.18. The van der Waals surface area contributed by atoms with Gasteiger partial charge in [0.25, 0.3) is 5.91 Å². The highest BCUT2D eigenvalue weighted by Gasteiger charge is 2.13. The fraction of sp³-hybridized carbons (Fsp3) is 0.250. The van der Waals surface area contributed by atoms with Gasteiger partial charge >= 0.3 is 0 Å². The number of thiophene rings is 1. The largest absolute Gasteiger partial charge is 0.459 e. The number of carbonyl (C=O) groups excluding carboxylic acids is 4. The maximum Gasteiger partial charge on any atom is 0.291 e. The zero-order chi connectivity index (χ0) is 22.9. The number of furan rings is 1. The van der Waals surface area contributed by atoms with Crippen LogP contribution in [0, 0.1) is 6.92 Å². The Hall–Kier alpha value is -3.52. The van der Waals surface area contributed by atoms with E-state index in [1.165, 1.54) is 17.6 Å². The predicted octanol–water partition coefficient (Wildman–Crippen LogP) is 4.53. The Morgan fingerprint density at radius 3 is 2.31 bits per heavy atom. The van der Waals surface area contributed by atoms with Crippen LogP contribution in [0.25, 0.3) is 0 Å². The summed E-state index contributed by atoms with van der Waals surface area (Å²) < 4.78 is 5.04. The molecule has 7 nitrogen and oxygen atoms in total. The molecule has 1 aromatic carbocycles. The molecule has 2 amide bonds. The van der Waals surface area contributed by atoms with Crippen LogP contribution in [0.1, 0.15) is 56.4 Å². The van der Waals surface area contributed by atoms with Crippen LogP contribution in [-0.4, -0.2) is 23.4 Å². The minimum absolute atomic E-state index is 0.0373. The molecule has 2 heterocycles. The molecule has 0 unspecified atom stereocenters. The van der Waals surface area contributed by atoms with Crippen LogP contribution in [0.15, 0.2) is 59.2 Å². The van der Waals surface area contributed by atoms with Gasteiger partial charge in [-0.2, -0.15) is 0 Å². The van der Waals surface area contributed by atoms with Crippen LogP contribution in [0.2, 0.25) is 0 Å². The van der Waals surface area contributed by atoms with Crippen molar-refractivity contribution in [1.82, 2.24) is 5.32 Å². The van der Waals surface area contributed by atoms with E-state index in [2.05, 4.69) is 10.6 Å². The second kappa shape index (κ2) is 11.2. The van der Waals surface area contributed by atoms with Crippen molar-refractivity contribution in [2.75, 3.05) is 5.32 Å². The van der Waals surface area contributed by atoms with Gasteiger partial charge < -0.3 is 15.1 Å². The minimum Gasteiger partial charge on any atom is -0.459 e. The SMILES string of the molecule is Cc1ccc(C(=O)CCC(=O)CCC(=O)NCc2ccc(NC(=O)c3ccco3)cc2)s1. The molecule has 0 aliphatic carbocycles. The number of amides is 2. The molecular weight excluding hydrogens is 428 g/mol. The first kappa shape index (κ1) is 23.1. The smallest absolute Gasteiger partial charge is 0.291 e. The molecule has 0 aliphatic heterocycles. The van der Waals surface area contributed by atoms with E-state index in [0.717, 1.165) is 10.4 Å². The number of hydrogen-bond donors (Lipinski definition) is 2. The van der Waals surface area contributed by atoms with Crippen molar-refractivity contribution in [1.29, 1.82) is 0 Å². The van der Waals surface area contributed by atoms with Crippen molar-refractivity contribution >= 4 is 40.4 Å². The monoisotopic (exact) mass is 452 g/mol. The third-order valence-corrected chi connectivity index (χ3v) is 5.77. The van der Waals surface area contributed by atoms with Crippen molar-refractivity contribution in [2.24, 2.45) is 0 Å². The Morgan fingerprint density at radius 1 is 0.906 bits per heavy atom. The quantitative estimate of drug-likeness (QED) is 0.416. The van der Waals surface area contributed by atoms with Crippen molar-refractivity contribution in [3.05, 3.63) is 75.9 Å². The third kappa shape index (κ3) is 7.02. The fourth-order valence-electron chi connectivity index (χ4n) is 2.93. The summed E-state index contributed by atoms with van der Waals surface area (Å²) in [7, 11) is 0. The van der Waals surface area contributed by atoms with Gasteiger partial charge in [-0.1, -0.05) is 12.1 Å². The first-order valence-electron chi connectivity index (χ1n) is 10.2. The van der Waals surface area contributed by atoms with E-state index in [-0.39, 0.29) is 54.8 Å². The van der Waals surface area contributed by atoms with Gasteiger partial charge in [-0.15, -0.1) is 11.3 Å². The molecule has 0 saturated carbocycles. The molecule has 0 radical (unpaired) electrons. The van der Waals surface area contributed by atoms with Crippen LogP contribution in [0.5, 0.6) is 0 Å². The van der Waals surface area contributed by atoms with E-state index in [4.69, 9.17) is 4.42 Å². The number of Topliss-reactive ketones (excluding diaryl/α,β-unsaturated/α-hetero) is 2. The highest BCUT2D eigenvalue weighted by molar-refractivity contribution is 7.14. The average molecular weight is 453 g/mol. The van der Waals surface area contributed by atoms with Gasteiger partial charge in [0.15, 0.2) is 11.5 Å². The lowest BCUT2D eigenvalue weighted by atomic mass is 10.1. The van der Waals surface area contributed by atoms with E-state index in [9.17, 15) is 19.2 Å². The summed E-state index contributed by atoms with van der Waals surface area (Å²) in [6.07, 6.45) is 1.94. The number of carbonyl (C=O) groups is 4. The Kier molecular flexibility index (Phi) is 8.10. The Bertz CT molecular complexity index is 1080. The molecule has 0 atom stereocenters. The van der Waals surface area contributed by atoms with Crippen molar-refractivity contribution in [3.63, 3.8) is 0 Å². The summed E-state index contributed by atoms with van der Waals surface area (Å²) in [6.45, 7) is 2.25. The van der Waals surface area contributed by atoms with Crippen LogP contribution in [0.4, 0.5) is 5.69 Å². The van der Waals surface area contributed by atoms with Crippen molar-refractivity contribution in [3.8, 4) is 0 Å². The molecular formula is C24H24N2O5S. The summed E-state index contributed by atoms with van der Waals surface area (Å²) in [6, 6.07) is 13.9. The normalized spacial score (nSPS) is 10.5. The van der Waals surface area contributed by atoms with Crippen molar-refractivity contribution in [2.45, 2.75) is 39.2 Å². The van der Waals surface area contributed by atoms with Gasteiger partial charge in [-0.3, -0.25) is 19.2 Å². The van der Waals surface area contributed by atoms with E-state index < -0.39 is 0 Å². The summed E-state index contributed by atoms with van der Waals surface area (Å²) in [5.74, 6) is -0.480. The van der Waals surface area contributed by atoms with Crippen LogP contribution in [-0.2, 0) is 16.1 Å². The number of nitrogens with one attached hydrogen (secondary N) is 2. The molecule has 166 valence electrons. The second-order valence-electron chi connectivity index (χ2n) is 7.28. The van der Waals surface area contributed by atoms with Gasteiger partial charge in [-0.05, 0) is 48.9 Å². The number of aryl methyl sites for hydroxylation is 1. The zero-order valence-electron chi connectivity index (χ0n) is 17.7. The van der Waals surface area contributed by atoms with E-state index in [1.54, 1.807) is 42.5 Å². The topological polar surface area (TPSA) is 105 Å². The number of ketones is 2. The van der Waals surface area contributed by atoms with Gasteiger partial charge in [0.05, 0.1) is 11.1 Å². The average Bonchev–Trinajstić information content (AvgIpc) is 3.47. The molecule has 8 heteroatoms. The predicted molar refractivity (Wildman–Crippen MR) is 122 cm³/mol. The summed E-state index contributed by atoms with van der Waals surface area (Å²) in [5.41, 5.74) is 1.47. The standard InChI is InChI=1S/C24H24N2O5S/c1-16-4-12-22(32-16)20(28)11-9-19(27)10-13-23(29)25-15-17-5-7-18(8-6-17)26-24(30)21-3-2-14-31-21/h2-8,12,14H,9-11,13,15H2,1H3,(H,25,29)(H,26,30). The lowest BCUT2D eigenvalue weighted by Gasteiger charge is -2.07. The second-order valence-corrected chi connectivity index (χ2v) is 8.57. The lowest BCUT2D eigenvalue weighted by molar-refractivity contribution is -0.125. The Labute approximate surface area is 189 Å². The zero-order valence-corrected chi connectivity index (χ0v) is 18.5. The number of rotatable bonds is 11. The van der Waals surface area contributed by atoms with E-state index in [1.807, 2.05) is 13.0 Å². The molecule has 3 rings (SSSR count). The van der Waals surface area contributed by atoms with Crippen LogP contribution in [0.3, 0.4) is 0 Å². The molecule has 0 aliphatic rings. The molecule has 0 fully saturated rings. The number of benzene rings is 1. The molecule has 2 aromatic heterocycles. The van der Waals surface area contributed by atoms with Gasteiger partial charge in [0.2, 0.25) is 5.91 Å². The van der Waals surface area contributed by atoms with E-state index in [0.29, 0.717) is 17.1 Å². The molecule has 0 spiro atoms. The first-order valence-corrected chi connectivity index (χ1v) is 11.0. The summed E-state index contributed by atoms with van der Waals surface area (Å²) >= 11 is 1.42. The van der Waals surface area contributed by atoms with Gasteiger partial charge in [0.1, 0.15) is 5.78 Å². The lowest BCUT2D eigenvalue weighted by Crippen LogP contribution is -2.23. The number of hydrogen-bond acceptors (Lipinski definition) is 6. The molecule has 32 heavy (non-hydrogen) atoms. The molecule has 3 aromatic rings. The summed E-state index contributed by atoms with van der Waals surface area (Å²) in [4.78, 5) is 49.8. The molecule has 2 N–H and O–H groups in total. The van der Waals surface area contributed by atoms with Crippen LogP contribution >= 0.6 is 11.3 Å². The van der Waals surface area contributed by atoms with E-state index >= 15 is 0 Å². The minimum atomic E-state index is -0.340. The third-order valence-electron chi connectivity index (χ3n) is 4.72. The molecule has 0 saturated heterocycles.